The molecule has 2 aromatic rings. The fraction of sp³-hybridized carbons (Fsp3) is 0.450. The highest BCUT2D eigenvalue weighted by Gasteiger charge is 2.36. The second-order valence-corrected chi connectivity index (χ2v) is 7.08. The Morgan fingerprint density at radius 1 is 1.32 bits per heavy atom. The van der Waals surface area contributed by atoms with Crippen molar-refractivity contribution in [2.75, 3.05) is 6.54 Å². The average molecular weight is 387 g/mol. The first-order valence-corrected chi connectivity index (χ1v) is 9.34. The highest BCUT2D eigenvalue weighted by atomic mass is 16.5. The van der Waals surface area contributed by atoms with E-state index in [-0.39, 0.29) is 18.9 Å². The van der Waals surface area contributed by atoms with Gasteiger partial charge in [-0.25, -0.2) is 4.79 Å². The number of hydrogen-bond donors (Lipinski definition) is 3. The lowest BCUT2D eigenvalue weighted by Crippen LogP contribution is -2.38. The van der Waals surface area contributed by atoms with E-state index in [1.807, 2.05) is 39.0 Å². The van der Waals surface area contributed by atoms with Gasteiger partial charge in [-0.1, -0.05) is 25.1 Å². The molecule has 150 valence electrons. The summed E-state index contributed by atoms with van der Waals surface area (Å²) >= 11 is 0. The molecule has 8 heteroatoms. The van der Waals surface area contributed by atoms with Gasteiger partial charge in [-0.15, -0.1) is 0 Å². The number of rotatable bonds is 5. The summed E-state index contributed by atoms with van der Waals surface area (Å²) in [4.78, 5) is 38.6. The molecule has 0 saturated carbocycles. The summed E-state index contributed by atoms with van der Waals surface area (Å²) in [5.74, 6) is -0.232. The van der Waals surface area contributed by atoms with Crippen LogP contribution >= 0.6 is 0 Å². The fourth-order valence-corrected chi connectivity index (χ4v) is 3.52. The number of nitrogens with zero attached hydrogens (tertiary/aromatic N) is 1. The Morgan fingerprint density at radius 2 is 2.00 bits per heavy atom. The zero-order valence-electron chi connectivity index (χ0n) is 16.2. The van der Waals surface area contributed by atoms with Gasteiger partial charge in [-0.05, 0) is 31.4 Å². The van der Waals surface area contributed by atoms with Crippen molar-refractivity contribution in [3.8, 4) is 0 Å². The molecule has 0 aliphatic carbocycles. The van der Waals surface area contributed by atoms with Crippen LogP contribution in [0.1, 0.15) is 46.6 Å². The third kappa shape index (κ3) is 3.93. The summed E-state index contributed by atoms with van der Waals surface area (Å²) in [6, 6.07) is 5.63. The Kier molecular flexibility index (Phi) is 5.81. The minimum Gasteiger partial charge on any atom is -0.390 e. The Balaban J connectivity index is 1.70. The van der Waals surface area contributed by atoms with Crippen LogP contribution < -0.4 is 16.6 Å². The van der Waals surface area contributed by atoms with Gasteiger partial charge in [0.05, 0.1) is 6.10 Å². The van der Waals surface area contributed by atoms with Crippen molar-refractivity contribution in [2.45, 2.75) is 52.0 Å². The number of aliphatic hydroxyl groups excluding tert-OH is 1. The monoisotopic (exact) mass is 387 g/mol. The molecule has 3 N–H and O–H groups in total. The van der Waals surface area contributed by atoms with Crippen LogP contribution in [0, 0.1) is 13.8 Å². The Bertz CT molecular complexity index is 974. The molecule has 0 unspecified atom stereocenters. The summed E-state index contributed by atoms with van der Waals surface area (Å²) in [6.45, 7) is 5.66. The lowest BCUT2D eigenvalue weighted by Gasteiger charge is -2.18. The van der Waals surface area contributed by atoms with Gasteiger partial charge < -0.3 is 15.2 Å². The van der Waals surface area contributed by atoms with E-state index in [4.69, 9.17) is 4.74 Å². The zero-order valence-corrected chi connectivity index (χ0v) is 16.2. The van der Waals surface area contributed by atoms with E-state index in [2.05, 4.69) is 10.3 Å². The van der Waals surface area contributed by atoms with Crippen LogP contribution in [-0.4, -0.2) is 39.3 Å². The summed E-state index contributed by atoms with van der Waals surface area (Å²) < 4.78 is 7.09. The molecule has 0 bridgehead atoms. The van der Waals surface area contributed by atoms with Crippen molar-refractivity contribution in [3.63, 3.8) is 0 Å². The number of carbonyl (C=O) groups excluding carboxylic acids is 1. The van der Waals surface area contributed by atoms with Gasteiger partial charge >= 0.3 is 5.69 Å². The first-order chi connectivity index (χ1) is 13.3. The van der Waals surface area contributed by atoms with E-state index in [1.54, 1.807) is 0 Å². The molecule has 0 radical (unpaired) electrons. The van der Waals surface area contributed by atoms with Crippen molar-refractivity contribution in [3.05, 3.63) is 67.5 Å². The maximum atomic E-state index is 12.5. The van der Waals surface area contributed by atoms with Crippen LogP contribution in [0.25, 0.3) is 0 Å². The maximum Gasteiger partial charge on any atom is 0.330 e. The zero-order chi connectivity index (χ0) is 20.4. The number of hydrogen-bond acceptors (Lipinski definition) is 5. The van der Waals surface area contributed by atoms with Crippen molar-refractivity contribution >= 4 is 5.91 Å². The minimum atomic E-state index is -0.841. The molecule has 1 aliphatic rings. The molecule has 1 aromatic heterocycles. The molecule has 2 heterocycles. The van der Waals surface area contributed by atoms with Gasteiger partial charge in [-0.2, -0.15) is 0 Å². The maximum absolute atomic E-state index is 12.5. The van der Waals surface area contributed by atoms with E-state index in [0.717, 1.165) is 11.1 Å². The lowest BCUT2D eigenvalue weighted by atomic mass is 10.0. The van der Waals surface area contributed by atoms with Gasteiger partial charge in [-0.3, -0.25) is 19.1 Å². The third-order valence-electron chi connectivity index (χ3n) is 5.11. The first kappa shape index (κ1) is 20.0. The molecule has 1 aromatic carbocycles. The predicted molar refractivity (Wildman–Crippen MR) is 103 cm³/mol. The quantitative estimate of drug-likeness (QED) is 0.702. The van der Waals surface area contributed by atoms with Gasteiger partial charge in [0.25, 0.3) is 11.5 Å². The summed E-state index contributed by atoms with van der Waals surface area (Å²) in [5, 5.41) is 13.1. The molecule has 1 saturated heterocycles. The molecular weight excluding hydrogens is 362 g/mol. The molecule has 1 fully saturated rings. The van der Waals surface area contributed by atoms with Gasteiger partial charge in [0.1, 0.15) is 12.3 Å². The molecule has 8 nitrogen and oxygen atoms in total. The van der Waals surface area contributed by atoms with E-state index in [9.17, 15) is 19.5 Å². The third-order valence-corrected chi connectivity index (χ3v) is 5.11. The number of aryl methyl sites for hydroxylation is 3. The Hall–Kier alpha value is -2.71. The first-order valence-electron chi connectivity index (χ1n) is 9.34. The van der Waals surface area contributed by atoms with Crippen molar-refractivity contribution < 1.29 is 14.6 Å². The lowest BCUT2D eigenvalue weighted by molar-refractivity contribution is -0.0187. The molecular formula is C20H25N3O5. The number of aliphatic hydroxyl groups is 1. The molecule has 28 heavy (non-hydrogen) atoms. The highest BCUT2D eigenvalue weighted by Crippen LogP contribution is 2.27. The van der Waals surface area contributed by atoms with Crippen molar-refractivity contribution in [1.29, 1.82) is 0 Å². The number of benzene rings is 1. The number of amides is 1. The second kappa shape index (κ2) is 8.12. The summed E-state index contributed by atoms with van der Waals surface area (Å²) in [5.41, 5.74) is 1.81. The smallest absolute Gasteiger partial charge is 0.330 e. The van der Waals surface area contributed by atoms with Crippen LogP contribution in [0.4, 0.5) is 0 Å². The largest absolute Gasteiger partial charge is 0.390 e. The Morgan fingerprint density at radius 3 is 2.64 bits per heavy atom. The number of aromatic nitrogens is 2. The molecule has 0 spiro atoms. The van der Waals surface area contributed by atoms with E-state index in [1.165, 1.54) is 10.8 Å². The van der Waals surface area contributed by atoms with Gasteiger partial charge in [0.15, 0.2) is 0 Å². The van der Waals surface area contributed by atoms with Crippen LogP contribution in [0.5, 0.6) is 0 Å². The molecule has 3 rings (SSSR count). The predicted octanol–water partition coefficient (Wildman–Crippen LogP) is 0.794. The average Bonchev–Trinajstić information content (AvgIpc) is 3.00. The fourth-order valence-electron chi connectivity index (χ4n) is 3.52. The minimum absolute atomic E-state index is 0.114. The number of aromatic amines is 1. The van der Waals surface area contributed by atoms with Crippen LogP contribution in [-0.2, 0) is 11.2 Å². The number of H-pyrrole nitrogens is 1. The SMILES string of the molecule is CCc1cn([C@H]2C[C@H](O)[C@@H](CNC(=O)c3c(C)cccc3C)O2)c(=O)[nH]c1=O. The normalized spacial score (nSPS) is 21.6. The van der Waals surface area contributed by atoms with Crippen LogP contribution in [0.3, 0.4) is 0 Å². The Labute approximate surface area is 162 Å². The standard InChI is InChI=1S/C20H25N3O5/c1-4-13-10-23(20(27)22-18(13)25)16-8-14(24)15(28-16)9-21-19(26)17-11(2)6-5-7-12(17)3/h5-7,10,14-16,24H,4,8-9H2,1-3H3,(H,21,26)(H,22,25,27)/t14-,15+,16+/m0/s1. The van der Waals surface area contributed by atoms with Crippen LogP contribution in [0.2, 0.25) is 0 Å². The second-order valence-electron chi connectivity index (χ2n) is 7.08. The van der Waals surface area contributed by atoms with Crippen molar-refractivity contribution in [2.24, 2.45) is 0 Å². The van der Waals surface area contributed by atoms with Gasteiger partial charge in [0, 0.05) is 30.3 Å². The molecule has 1 amide bonds. The van der Waals surface area contributed by atoms with Gasteiger partial charge in [0.2, 0.25) is 0 Å². The number of nitrogens with one attached hydrogen (secondary N) is 2. The number of carbonyl (C=O) groups is 1. The van der Waals surface area contributed by atoms with E-state index < -0.39 is 29.7 Å². The summed E-state index contributed by atoms with van der Waals surface area (Å²) in [6.07, 6.45) is -0.0591. The van der Waals surface area contributed by atoms with E-state index in [0.29, 0.717) is 17.5 Å². The topological polar surface area (TPSA) is 113 Å². The summed E-state index contributed by atoms with van der Waals surface area (Å²) in [7, 11) is 0. The van der Waals surface area contributed by atoms with Crippen LogP contribution in [0.15, 0.2) is 34.0 Å². The molecule has 1 aliphatic heterocycles. The van der Waals surface area contributed by atoms with E-state index >= 15 is 0 Å². The molecule has 3 atom stereocenters. The highest BCUT2D eigenvalue weighted by molar-refractivity contribution is 5.97. The van der Waals surface area contributed by atoms with Crippen molar-refractivity contribution in [1.82, 2.24) is 14.9 Å². The number of ether oxygens (including phenoxy) is 1.